The highest BCUT2D eigenvalue weighted by Gasteiger charge is 2.25. The lowest BCUT2D eigenvalue weighted by molar-refractivity contribution is -0.123. The van der Waals surface area contributed by atoms with Gasteiger partial charge in [0, 0.05) is 18.1 Å². The lowest BCUT2D eigenvalue weighted by Crippen LogP contribution is -2.53. The van der Waals surface area contributed by atoms with Gasteiger partial charge in [-0.15, -0.1) is 0 Å². The lowest BCUT2D eigenvalue weighted by atomic mass is 9.98. The van der Waals surface area contributed by atoms with Crippen molar-refractivity contribution in [2.45, 2.75) is 77.5 Å². The van der Waals surface area contributed by atoms with Crippen LogP contribution in [0.5, 0.6) is 0 Å². The summed E-state index contributed by atoms with van der Waals surface area (Å²) < 4.78 is 0. The van der Waals surface area contributed by atoms with E-state index in [0.29, 0.717) is 18.1 Å². The van der Waals surface area contributed by atoms with Crippen molar-refractivity contribution in [2.24, 2.45) is 0 Å². The molecule has 0 aliphatic carbocycles. The van der Waals surface area contributed by atoms with Gasteiger partial charge in [-0.25, -0.2) is 0 Å². The first-order chi connectivity index (χ1) is 8.97. The van der Waals surface area contributed by atoms with E-state index in [0.717, 1.165) is 32.2 Å². The molecule has 0 aromatic carbocycles. The van der Waals surface area contributed by atoms with Crippen LogP contribution in [-0.2, 0) is 4.79 Å². The van der Waals surface area contributed by atoms with Crippen molar-refractivity contribution in [3.05, 3.63) is 0 Å². The Kier molecular flexibility index (Phi) is 6.80. The molecule has 1 aliphatic heterocycles. The van der Waals surface area contributed by atoms with Gasteiger partial charge in [-0.3, -0.25) is 4.79 Å². The first kappa shape index (κ1) is 16.4. The molecule has 112 valence electrons. The third kappa shape index (κ3) is 5.11. The Balaban J connectivity index is 2.37. The number of carbonyl (C=O) groups is 1. The topological polar surface area (TPSA) is 44.4 Å². The van der Waals surface area contributed by atoms with E-state index in [1.54, 1.807) is 0 Å². The van der Waals surface area contributed by atoms with Crippen molar-refractivity contribution < 1.29 is 4.79 Å². The van der Waals surface area contributed by atoms with Crippen LogP contribution in [0.15, 0.2) is 0 Å². The molecule has 0 aromatic heterocycles. The second kappa shape index (κ2) is 7.85. The third-order valence-electron chi connectivity index (χ3n) is 4.42. The van der Waals surface area contributed by atoms with E-state index in [4.69, 9.17) is 0 Å². The molecule has 2 N–H and O–H groups in total. The standard InChI is InChI=1S/C15H31N3O/c1-6-13(7-2)17-15(19)12(4)16-14-8-9-18(5)11(3)10-14/h11-14,16H,6-10H2,1-5H3,(H,17,19). The first-order valence-corrected chi connectivity index (χ1v) is 7.74. The van der Waals surface area contributed by atoms with Gasteiger partial charge in [0.15, 0.2) is 0 Å². The molecule has 3 atom stereocenters. The van der Waals surface area contributed by atoms with Gasteiger partial charge in [-0.2, -0.15) is 0 Å². The maximum absolute atomic E-state index is 12.1. The monoisotopic (exact) mass is 269 g/mol. The van der Waals surface area contributed by atoms with E-state index in [1.807, 2.05) is 6.92 Å². The van der Waals surface area contributed by atoms with Crippen LogP contribution in [0.2, 0.25) is 0 Å². The summed E-state index contributed by atoms with van der Waals surface area (Å²) in [6, 6.07) is 1.28. The number of nitrogens with zero attached hydrogens (tertiary/aromatic N) is 1. The van der Waals surface area contributed by atoms with Crippen LogP contribution in [0.25, 0.3) is 0 Å². The predicted molar refractivity (Wildman–Crippen MR) is 80.2 cm³/mol. The minimum absolute atomic E-state index is 0.0961. The first-order valence-electron chi connectivity index (χ1n) is 7.74. The Morgan fingerprint density at radius 2 is 2.00 bits per heavy atom. The van der Waals surface area contributed by atoms with Gasteiger partial charge in [0.2, 0.25) is 5.91 Å². The van der Waals surface area contributed by atoms with E-state index >= 15 is 0 Å². The Morgan fingerprint density at radius 3 is 2.53 bits per heavy atom. The lowest BCUT2D eigenvalue weighted by Gasteiger charge is -2.36. The Bertz CT molecular complexity index is 279. The molecular weight excluding hydrogens is 238 g/mol. The molecule has 0 spiro atoms. The third-order valence-corrected chi connectivity index (χ3v) is 4.42. The minimum atomic E-state index is -0.0961. The van der Waals surface area contributed by atoms with Crippen molar-refractivity contribution in [1.82, 2.24) is 15.5 Å². The molecule has 1 rings (SSSR count). The van der Waals surface area contributed by atoms with Crippen molar-refractivity contribution in [1.29, 1.82) is 0 Å². The Morgan fingerprint density at radius 1 is 1.37 bits per heavy atom. The highest BCUT2D eigenvalue weighted by molar-refractivity contribution is 5.81. The molecule has 1 amide bonds. The van der Waals surface area contributed by atoms with Crippen LogP contribution in [-0.4, -0.2) is 48.6 Å². The van der Waals surface area contributed by atoms with Crippen molar-refractivity contribution >= 4 is 5.91 Å². The molecule has 1 saturated heterocycles. The van der Waals surface area contributed by atoms with E-state index in [1.165, 1.54) is 0 Å². The number of hydrogen-bond donors (Lipinski definition) is 2. The largest absolute Gasteiger partial charge is 0.352 e. The smallest absolute Gasteiger partial charge is 0.237 e. The number of amides is 1. The molecule has 3 unspecified atom stereocenters. The zero-order valence-corrected chi connectivity index (χ0v) is 13.2. The number of nitrogens with one attached hydrogen (secondary N) is 2. The SMILES string of the molecule is CCC(CC)NC(=O)C(C)NC1CCN(C)C(C)C1. The summed E-state index contributed by atoms with van der Waals surface area (Å²) in [6.07, 6.45) is 4.25. The molecule has 0 bridgehead atoms. The number of piperidine rings is 1. The fourth-order valence-corrected chi connectivity index (χ4v) is 2.69. The maximum Gasteiger partial charge on any atom is 0.237 e. The van der Waals surface area contributed by atoms with Crippen molar-refractivity contribution in [3.8, 4) is 0 Å². The van der Waals surface area contributed by atoms with Gasteiger partial charge in [0.05, 0.1) is 6.04 Å². The maximum atomic E-state index is 12.1. The van der Waals surface area contributed by atoms with Crippen LogP contribution in [0.1, 0.15) is 53.4 Å². The summed E-state index contributed by atoms with van der Waals surface area (Å²) in [5, 5.41) is 6.60. The van der Waals surface area contributed by atoms with Crippen LogP contribution >= 0.6 is 0 Å². The van der Waals surface area contributed by atoms with Crippen LogP contribution in [0.4, 0.5) is 0 Å². The molecule has 1 fully saturated rings. The summed E-state index contributed by atoms with van der Waals surface area (Å²) in [5.74, 6) is 0.139. The van der Waals surface area contributed by atoms with Crippen LogP contribution < -0.4 is 10.6 Å². The van der Waals surface area contributed by atoms with E-state index in [2.05, 4.69) is 43.4 Å². The van der Waals surface area contributed by atoms with Gasteiger partial charge in [-0.05, 0) is 53.1 Å². The van der Waals surface area contributed by atoms with E-state index in [9.17, 15) is 4.79 Å². The van der Waals surface area contributed by atoms with Crippen LogP contribution in [0.3, 0.4) is 0 Å². The normalized spacial score (nSPS) is 26.4. The second-order valence-corrected chi connectivity index (χ2v) is 5.96. The minimum Gasteiger partial charge on any atom is -0.352 e. The summed E-state index contributed by atoms with van der Waals surface area (Å²) >= 11 is 0. The average Bonchev–Trinajstić information content (AvgIpc) is 2.39. The zero-order chi connectivity index (χ0) is 14.4. The molecule has 19 heavy (non-hydrogen) atoms. The fourth-order valence-electron chi connectivity index (χ4n) is 2.69. The number of hydrogen-bond acceptors (Lipinski definition) is 3. The molecule has 4 nitrogen and oxygen atoms in total. The molecule has 0 radical (unpaired) electrons. The average molecular weight is 269 g/mol. The molecule has 4 heteroatoms. The van der Waals surface area contributed by atoms with Gasteiger partial charge < -0.3 is 15.5 Å². The summed E-state index contributed by atoms with van der Waals surface area (Å²) in [6.45, 7) is 9.57. The van der Waals surface area contributed by atoms with Crippen molar-refractivity contribution in [3.63, 3.8) is 0 Å². The summed E-state index contributed by atoms with van der Waals surface area (Å²) in [4.78, 5) is 14.5. The Hall–Kier alpha value is -0.610. The molecule has 0 saturated carbocycles. The van der Waals surface area contributed by atoms with Gasteiger partial charge in [0.25, 0.3) is 0 Å². The molecular formula is C15H31N3O. The molecule has 1 aliphatic rings. The Labute approximate surface area is 118 Å². The molecule has 0 aromatic rings. The number of rotatable bonds is 6. The number of likely N-dealkylation sites (tertiary alicyclic amines) is 1. The molecule has 1 heterocycles. The number of carbonyl (C=O) groups excluding carboxylic acids is 1. The quantitative estimate of drug-likeness (QED) is 0.772. The van der Waals surface area contributed by atoms with Crippen molar-refractivity contribution in [2.75, 3.05) is 13.6 Å². The predicted octanol–water partition coefficient (Wildman–Crippen LogP) is 1.75. The highest BCUT2D eigenvalue weighted by Crippen LogP contribution is 2.15. The zero-order valence-electron chi connectivity index (χ0n) is 13.2. The van der Waals surface area contributed by atoms with E-state index < -0.39 is 0 Å². The van der Waals surface area contributed by atoms with Gasteiger partial charge >= 0.3 is 0 Å². The summed E-state index contributed by atoms with van der Waals surface area (Å²) in [5.41, 5.74) is 0. The van der Waals surface area contributed by atoms with Gasteiger partial charge in [0.1, 0.15) is 0 Å². The summed E-state index contributed by atoms with van der Waals surface area (Å²) in [7, 11) is 2.17. The highest BCUT2D eigenvalue weighted by atomic mass is 16.2. The van der Waals surface area contributed by atoms with Crippen LogP contribution in [0, 0.1) is 0 Å². The second-order valence-electron chi connectivity index (χ2n) is 5.96. The van der Waals surface area contributed by atoms with Gasteiger partial charge in [-0.1, -0.05) is 13.8 Å². The fraction of sp³-hybridized carbons (Fsp3) is 0.933. The van der Waals surface area contributed by atoms with E-state index in [-0.39, 0.29) is 11.9 Å².